The van der Waals surface area contributed by atoms with Crippen molar-refractivity contribution < 1.29 is 22.7 Å². The van der Waals surface area contributed by atoms with Crippen molar-refractivity contribution in [3.05, 3.63) is 29.8 Å². The Kier molecular flexibility index (Phi) is 5.62. The normalized spacial score (nSPS) is 11.2. The molecule has 1 aromatic carbocycles. The zero-order valence-electron chi connectivity index (χ0n) is 10.4. The smallest absolute Gasteiger partial charge is 0.422 e. The molecule has 0 bridgehead atoms. The Balaban J connectivity index is 2.50. The molecular weight excluding hydrogens is 261 g/mol. The Hall–Kier alpha value is -1.76. The van der Waals surface area contributed by atoms with E-state index in [0.717, 1.165) is 0 Å². The van der Waals surface area contributed by atoms with Crippen LogP contribution in [0.4, 0.5) is 13.2 Å². The Morgan fingerprint density at radius 3 is 2.74 bits per heavy atom. The third-order valence-electron chi connectivity index (χ3n) is 2.13. The fourth-order valence-corrected chi connectivity index (χ4v) is 1.33. The van der Waals surface area contributed by atoms with Crippen LogP contribution in [0.25, 0.3) is 0 Å². The van der Waals surface area contributed by atoms with Gasteiger partial charge in [0.2, 0.25) is 5.91 Å². The molecule has 0 aliphatic heterocycles. The van der Waals surface area contributed by atoms with Crippen LogP contribution < -0.4 is 15.4 Å². The number of amides is 1. The number of halogens is 3. The molecule has 0 unspecified atom stereocenters. The highest BCUT2D eigenvalue weighted by Gasteiger charge is 2.28. The van der Waals surface area contributed by atoms with Gasteiger partial charge in [-0.15, -0.1) is 0 Å². The number of carbonyl (C=O) groups excluding carboxylic acids is 1. The third-order valence-corrected chi connectivity index (χ3v) is 2.13. The maximum absolute atomic E-state index is 12.0. The summed E-state index contributed by atoms with van der Waals surface area (Å²) in [5.74, 6) is -0.0678. The first-order chi connectivity index (χ1) is 8.90. The van der Waals surface area contributed by atoms with Gasteiger partial charge in [-0.05, 0) is 24.7 Å². The number of rotatable bonds is 6. The molecule has 1 rings (SSSR count). The summed E-state index contributed by atoms with van der Waals surface area (Å²) in [5, 5.41) is 5.31. The summed E-state index contributed by atoms with van der Waals surface area (Å²) < 4.78 is 40.6. The molecule has 106 valence electrons. The highest BCUT2D eigenvalue weighted by atomic mass is 19.4. The minimum atomic E-state index is -4.36. The topological polar surface area (TPSA) is 50.4 Å². The predicted molar refractivity (Wildman–Crippen MR) is 63.8 cm³/mol. The lowest BCUT2D eigenvalue weighted by atomic mass is 10.2. The Morgan fingerprint density at radius 2 is 2.11 bits per heavy atom. The molecule has 0 radical (unpaired) electrons. The predicted octanol–water partition coefficient (Wildman–Crippen LogP) is 1.46. The quantitative estimate of drug-likeness (QED) is 0.827. The first kappa shape index (κ1) is 15.3. The Labute approximate surface area is 108 Å². The number of alkyl halides is 3. The number of likely N-dealkylation sites (N-methyl/N-ethyl adjacent to an activating group) is 1. The molecule has 0 heterocycles. The molecular formula is C12H15F3N2O2. The lowest BCUT2D eigenvalue weighted by Gasteiger charge is -2.10. The lowest BCUT2D eigenvalue weighted by molar-refractivity contribution is -0.153. The van der Waals surface area contributed by atoms with E-state index in [1.807, 2.05) is 0 Å². The molecule has 0 aliphatic rings. The Bertz CT molecular complexity index is 422. The van der Waals surface area contributed by atoms with Crippen molar-refractivity contribution in [1.82, 2.24) is 10.6 Å². The summed E-state index contributed by atoms with van der Waals surface area (Å²) in [7, 11) is 1.64. The SMILES string of the molecule is CNCC(=O)NCc1cccc(OCC(F)(F)F)c1. The first-order valence-electron chi connectivity index (χ1n) is 5.60. The summed E-state index contributed by atoms with van der Waals surface area (Å²) in [6, 6.07) is 6.17. The van der Waals surface area contributed by atoms with Gasteiger partial charge in [-0.3, -0.25) is 4.79 Å². The van der Waals surface area contributed by atoms with Gasteiger partial charge in [0, 0.05) is 6.54 Å². The molecule has 0 fully saturated rings. The molecule has 2 N–H and O–H groups in total. The zero-order chi connectivity index (χ0) is 14.3. The summed E-state index contributed by atoms with van der Waals surface area (Å²) in [6.45, 7) is -0.906. The number of hydrogen-bond acceptors (Lipinski definition) is 3. The molecule has 19 heavy (non-hydrogen) atoms. The summed E-state index contributed by atoms with van der Waals surface area (Å²) >= 11 is 0. The van der Waals surface area contributed by atoms with E-state index in [-0.39, 0.29) is 24.7 Å². The van der Waals surface area contributed by atoms with Crippen LogP contribution in [0.3, 0.4) is 0 Å². The standard InChI is InChI=1S/C12H15F3N2O2/c1-16-7-11(18)17-6-9-3-2-4-10(5-9)19-8-12(13,14)15/h2-5,16H,6-8H2,1H3,(H,17,18). The van der Waals surface area contributed by atoms with Crippen LogP contribution in [-0.2, 0) is 11.3 Å². The largest absolute Gasteiger partial charge is 0.484 e. The van der Waals surface area contributed by atoms with Crippen molar-refractivity contribution in [2.45, 2.75) is 12.7 Å². The second-order valence-corrected chi connectivity index (χ2v) is 3.86. The van der Waals surface area contributed by atoms with Crippen LogP contribution in [0.1, 0.15) is 5.56 Å². The number of nitrogens with one attached hydrogen (secondary N) is 2. The molecule has 0 saturated heterocycles. The maximum atomic E-state index is 12.0. The molecule has 0 aliphatic carbocycles. The summed E-state index contributed by atoms with van der Waals surface area (Å²) in [5.41, 5.74) is 0.670. The minimum Gasteiger partial charge on any atom is -0.484 e. The zero-order valence-corrected chi connectivity index (χ0v) is 10.4. The van der Waals surface area contributed by atoms with Gasteiger partial charge < -0.3 is 15.4 Å². The van der Waals surface area contributed by atoms with Gasteiger partial charge in [0.25, 0.3) is 0 Å². The fourth-order valence-electron chi connectivity index (χ4n) is 1.33. The van der Waals surface area contributed by atoms with Gasteiger partial charge in [0.1, 0.15) is 5.75 Å². The van der Waals surface area contributed by atoms with Gasteiger partial charge in [0.15, 0.2) is 6.61 Å². The van der Waals surface area contributed by atoms with Gasteiger partial charge in [-0.25, -0.2) is 0 Å². The average Bonchev–Trinajstić information content (AvgIpc) is 2.34. The van der Waals surface area contributed by atoms with Crippen LogP contribution in [0.5, 0.6) is 5.75 Å². The van der Waals surface area contributed by atoms with Crippen molar-refractivity contribution in [2.75, 3.05) is 20.2 Å². The lowest BCUT2D eigenvalue weighted by Crippen LogP contribution is -2.31. The summed E-state index contributed by atoms with van der Waals surface area (Å²) in [4.78, 5) is 11.2. The van der Waals surface area contributed by atoms with Crippen LogP contribution in [0.15, 0.2) is 24.3 Å². The minimum absolute atomic E-state index is 0.123. The van der Waals surface area contributed by atoms with Crippen LogP contribution in [0, 0.1) is 0 Å². The monoisotopic (exact) mass is 276 g/mol. The molecule has 0 spiro atoms. The molecule has 1 aromatic rings. The van der Waals surface area contributed by atoms with Crippen LogP contribution in [-0.4, -0.2) is 32.3 Å². The molecule has 4 nitrogen and oxygen atoms in total. The second-order valence-electron chi connectivity index (χ2n) is 3.86. The van der Waals surface area contributed by atoms with E-state index in [1.54, 1.807) is 19.2 Å². The van der Waals surface area contributed by atoms with Crippen molar-refractivity contribution in [2.24, 2.45) is 0 Å². The Morgan fingerprint density at radius 1 is 1.37 bits per heavy atom. The van der Waals surface area contributed by atoms with Crippen molar-refractivity contribution >= 4 is 5.91 Å². The van der Waals surface area contributed by atoms with Gasteiger partial charge >= 0.3 is 6.18 Å². The van der Waals surface area contributed by atoms with Crippen LogP contribution >= 0.6 is 0 Å². The van der Waals surface area contributed by atoms with E-state index < -0.39 is 12.8 Å². The van der Waals surface area contributed by atoms with E-state index in [9.17, 15) is 18.0 Å². The van der Waals surface area contributed by atoms with Crippen LogP contribution in [0.2, 0.25) is 0 Å². The molecule has 7 heteroatoms. The average molecular weight is 276 g/mol. The van der Waals surface area contributed by atoms with E-state index in [2.05, 4.69) is 15.4 Å². The molecule has 1 amide bonds. The molecule has 0 aromatic heterocycles. The molecule has 0 saturated carbocycles. The number of ether oxygens (including phenoxy) is 1. The number of hydrogen-bond donors (Lipinski definition) is 2. The third kappa shape index (κ3) is 6.66. The summed E-state index contributed by atoms with van der Waals surface area (Å²) in [6.07, 6.45) is -4.36. The fraction of sp³-hybridized carbons (Fsp3) is 0.417. The van der Waals surface area contributed by atoms with E-state index in [0.29, 0.717) is 5.56 Å². The van der Waals surface area contributed by atoms with E-state index in [1.165, 1.54) is 12.1 Å². The maximum Gasteiger partial charge on any atom is 0.422 e. The highest BCUT2D eigenvalue weighted by Crippen LogP contribution is 2.19. The van der Waals surface area contributed by atoms with Crippen molar-refractivity contribution in [3.63, 3.8) is 0 Å². The van der Waals surface area contributed by atoms with Gasteiger partial charge in [-0.2, -0.15) is 13.2 Å². The second kappa shape index (κ2) is 6.98. The highest BCUT2D eigenvalue weighted by molar-refractivity contribution is 5.77. The van der Waals surface area contributed by atoms with Crippen molar-refractivity contribution in [1.29, 1.82) is 0 Å². The molecule has 0 atom stereocenters. The van der Waals surface area contributed by atoms with Gasteiger partial charge in [-0.1, -0.05) is 12.1 Å². The first-order valence-corrected chi connectivity index (χ1v) is 5.60. The number of carbonyl (C=O) groups is 1. The van der Waals surface area contributed by atoms with Crippen molar-refractivity contribution in [3.8, 4) is 5.75 Å². The van der Waals surface area contributed by atoms with Gasteiger partial charge in [0.05, 0.1) is 6.54 Å². The number of benzene rings is 1. The van der Waals surface area contributed by atoms with E-state index >= 15 is 0 Å². The van der Waals surface area contributed by atoms with E-state index in [4.69, 9.17) is 0 Å².